The molecule has 1 amide bonds. The van der Waals surface area contributed by atoms with E-state index in [1.165, 1.54) is 18.2 Å². The highest BCUT2D eigenvalue weighted by Gasteiger charge is 2.12. The third-order valence-electron chi connectivity index (χ3n) is 2.99. The number of aromatic hydroxyl groups is 1. The lowest BCUT2D eigenvalue weighted by molar-refractivity contribution is 0.0940. The van der Waals surface area contributed by atoms with Gasteiger partial charge in [0.2, 0.25) is 0 Å². The molecule has 0 bridgehead atoms. The number of nitrogen functional groups attached to an aromatic ring is 1. The maximum atomic E-state index is 12.1. The van der Waals surface area contributed by atoms with Crippen LogP contribution in [0.4, 0.5) is 5.69 Å². The number of nitrogens with one attached hydrogen (secondary N) is 1. The Bertz CT molecular complexity index is 626. The molecule has 0 saturated heterocycles. The summed E-state index contributed by atoms with van der Waals surface area (Å²) in [5.74, 6) is -0.300. The van der Waals surface area contributed by atoms with Crippen LogP contribution in [0.1, 0.15) is 28.9 Å². The number of rotatable bonds is 3. The SMILES string of the molecule is CC(NC(=O)c1ccc(O)c(Cl)c1)c1ccc(N)cc1. The lowest BCUT2D eigenvalue weighted by Crippen LogP contribution is -2.26. The van der Waals surface area contributed by atoms with Crippen molar-refractivity contribution < 1.29 is 9.90 Å². The molecule has 20 heavy (non-hydrogen) atoms. The molecule has 0 aliphatic heterocycles. The van der Waals surface area contributed by atoms with Crippen molar-refractivity contribution in [3.8, 4) is 5.75 Å². The van der Waals surface area contributed by atoms with Crippen molar-refractivity contribution >= 4 is 23.2 Å². The molecule has 4 nitrogen and oxygen atoms in total. The van der Waals surface area contributed by atoms with Gasteiger partial charge in [0.1, 0.15) is 5.75 Å². The van der Waals surface area contributed by atoms with Crippen molar-refractivity contribution in [2.45, 2.75) is 13.0 Å². The Morgan fingerprint density at radius 2 is 1.90 bits per heavy atom. The number of phenolic OH excluding ortho intramolecular Hbond substituents is 1. The van der Waals surface area contributed by atoms with Crippen molar-refractivity contribution in [3.63, 3.8) is 0 Å². The average molecular weight is 291 g/mol. The minimum absolute atomic E-state index is 0.0465. The largest absolute Gasteiger partial charge is 0.506 e. The Morgan fingerprint density at radius 1 is 1.25 bits per heavy atom. The highest BCUT2D eigenvalue weighted by molar-refractivity contribution is 6.32. The van der Waals surface area contributed by atoms with Gasteiger partial charge < -0.3 is 16.2 Å². The number of amides is 1. The summed E-state index contributed by atoms with van der Waals surface area (Å²) >= 11 is 5.78. The first kappa shape index (κ1) is 14.2. The van der Waals surface area contributed by atoms with Crippen LogP contribution in [0.5, 0.6) is 5.75 Å². The molecule has 0 aliphatic carbocycles. The predicted molar refractivity (Wildman–Crippen MR) is 79.9 cm³/mol. The number of carbonyl (C=O) groups is 1. The number of carbonyl (C=O) groups excluding carboxylic acids is 1. The summed E-state index contributed by atoms with van der Waals surface area (Å²) in [5.41, 5.74) is 7.66. The van der Waals surface area contributed by atoms with E-state index in [-0.39, 0.29) is 22.7 Å². The molecule has 0 aromatic heterocycles. The first-order valence-electron chi connectivity index (χ1n) is 6.12. The van der Waals surface area contributed by atoms with Crippen LogP contribution in [0.3, 0.4) is 0 Å². The molecule has 0 heterocycles. The van der Waals surface area contributed by atoms with Crippen LogP contribution in [-0.2, 0) is 0 Å². The molecular weight excluding hydrogens is 276 g/mol. The van der Waals surface area contributed by atoms with Gasteiger partial charge in [-0.25, -0.2) is 0 Å². The van der Waals surface area contributed by atoms with Crippen LogP contribution >= 0.6 is 11.6 Å². The zero-order chi connectivity index (χ0) is 14.7. The molecule has 2 aromatic carbocycles. The lowest BCUT2D eigenvalue weighted by atomic mass is 10.1. The van der Waals surface area contributed by atoms with Crippen molar-refractivity contribution in [2.75, 3.05) is 5.73 Å². The second kappa shape index (κ2) is 5.84. The van der Waals surface area contributed by atoms with E-state index < -0.39 is 0 Å². The van der Waals surface area contributed by atoms with Crippen LogP contribution in [0, 0.1) is 0 Å². The Hall–Kier alpha value is -2.20. The van der Waals surface area contributed by atoms with Gasteiger partial charge in [-0.2, -0.15) is 0 Å². The van der Waals surface area contributed by atoms with Gasteiger partial charge in [0.25, 0.3) is 5.91 Å². The summed E-state index contributed by atoms with van der Waals surface area (Å²) < 4.78 is 0. The van der Waals surface area contributed by atoms with E-state index >= 15 is 0 Å². The van der Waals surface area contributed by atoms with E-state index in [1.807, 2.05) is 19.1 Å². The molecule has 0 radical (unpaired) electrons. The molecule has 0 spiro atoms. The van der Waals surface area contributed by atoms with Crippen molar-refractivity contribution in [2.24, 2.45) is 0 Å². The quantitative estimate of drug-likeness (QED) is 0.760. The molecule has 104 valence electrons. The van der Waals surface area contributed by atoms with Crippen LogP contribution in [0.2, 0.25) is 5.02 Å². The molecule has 0 saturated carbocycles. The summed E-state index contributed by atoms with van der Waals surface area (Å²) in [4.78, 5) is 12.1. The van der Waals surface area contributed by atoms with Gasteiger partial charge in [-0.15, -0.1) is 0 Å². The van der Waals surface area contributed by atoms with E-state index in [9.17, 15) is 9.90 Å². The van der Waals surface area contributed by atoms with E-state index in [1.54, 1.807) is 12.1 Å². The fraction of sp³-hybridized carbons (Fsp3) is 0.133. The number of hydrogen-bond donors (Lipinski definition) is 3. The molecule has 0 fully saturated rings. The van der Waals surface area contributed by atoms with Gasteiger partial charge in [-0.1, -0.05) is 23.7 Å². The fourth-order valence-corrected chi connectivity index (χ4v) is 1.98. The standard InChI is InChI=1S/C15H15ClN2O2/c1-9(10-2-5-12(17)6-3-10)18-15(20)11-4-7-14(19)13(16)8-11/h2-9,19H,17H2,1H3,(H,18,20). The molecule has 4 N–H and O–H groups in total. The van der Waals surface area contributed by atoms with E-state index in [0.29, 0.717) is 11.3 Å². The minimum atomic E-state index is -0.253. The van der Waals surface area contributed by atoms with Crippen LogP contribution in [-0.4, -0.2) is 11.0 Å². The molecule has 0 aliphatic rings. The van der Waals surface area contributed by atoms with Crippen molar-refractivity contribution in [3.05, 3.63) is 58.6 Å². The zero-order valence-corrected chi connectivity index (χ0v) is 11.7. The van der Waals surface area contributed by atoms with Crippen molar-refractivity contribution in [1.82, 2.24) is 5.32 Å². The minimum Gasteiger partial charge on any atom is -0.506 e. The zero-order valence-electron chi connectivity index (χ0n) is 10.9. The van der Waals surface area contributed by atoms with Gasteiger partial charge in [0.05, 0.1) is 11.1 Å². The van der Waals surface area contributed by atoms with Gasteiger partial charge in [-0.05, 0) is 42.8 Å². The number of hydrogen-bond acceptors (Lipinski definition) is 3. The molecule has 1 atom stereocenters. The maximum Gasteiger partial charge on any atom is 0.251 e. The fourth-order valence-electron chi connectivity index (χ4n) is 1.80. The number of anilines is 1. The average Bonchev–Trinajstić information content (AvgIpc) is 2.42. The highest BCUT2D eigenvalue weighted by Crippen LogP contribution is 2.24. The normalized spacial score (nSPS) is 11.9. The summed E-state index contributed by atoms with van der Waals surface area (Å²) in [6, 6.07) is 11.5. The van der Waals surface area contributed by atoms with Gasteiger partial charge in [0, 0.05) is 11.3 Å². The Labute approximate surface area is 122 Å². The lowest BCUT2D eigenvalue weighted by Gasteiger charge is -2.14. The molecular formula is C15H15ClN2O2. The second-order valence-electron chi connectivity index (χ2n) is 4.53. The summed E-state index contributed by atoms with van der Waals surface area (Å²) in [5, 5.41) is 12.3. The molecule has 2 aromatic rings. The second-order valence-corrected chi connectivity index (χ2v) is 4.94. The Kier molecular flexibility index (Phi) is 4.15. The smallest absolute Gasteiger partial charge is 0.251 e. The van der Waals surface area contributed by atoms with Gasteiger partial charge in [-0.3, -0.25) is 4.79 Å². The molecule has 1 unspecified atom stereocenters. The third kappa shape index (κ3) is 3.22. The van der Waals surface area contributed by atoms with E-state index in [4.69, 9.17) is 17.3 Å². The number of phenols is 1. The number of benzene rings is 2. The topological polar surface area (TPSA) is 75.3 Å². The molecule has 2 rings (SSSR count). The monoisotopic (exact) mass is 290 g/mol. The third-order valence-corrected chi connectivity index (χ3v) is 3.30. The molecule has 5 heteroatoms. The van der Waals surface area contributed by atoms with Gasteiger partial charge in [0.15, 0.2) is 0 Å². The van der Waals surface area contributed by atoms with Crippen LogP contribution < -0.4 is 11.1 Å². The van der Waals surface area contributed by atoms with Crippen molar-refractivity contribution in [1.29, 1.82) is 0 Å². The van der Waals surface area contributed by atoms with Crippen LogP contribution in [0.25, 0.3) is 0 Å². The first-order valence-corrected chi connectivity index (χ1v) is 6.50. The maximum absolute atomic E-state index is 12.1. The summed E-state index contributed by atoms with van der Waals surface area (Å²) in [6.45, 7) is 1.88. The summed E-state index contributed by atoms with van der Waals surface area (Å²) in [7, 11) is 0. The van der Waals surface area contributed by atoms with E-state index in [2.05, 4.69) is 5.32 Å². The van der Waals surface area contributed by atoms with Gasteiger partial charge >= 0.3 is 0 Å². The number of halogens is 1. The highest BCUT2D eigenvalue weighted by atomic mass is 35.5. The Balaban J connectivity index is 2.10. The Morgan fingerprint density at radius 3 is 2.50 bits per heavy atom. The predicted octanol–water partition coefficient (Wildman–Crippen LogP) is 3.12. The first-order chi connectivity index (χ1) is 9.47. The summed E-state index contributed by atoms with van der Waals surface area (Å²) in [6.07, 6.45) is 0. The van der Waals surface area contributed by atoms with Crippen LogP contribution in [0.15, 0.2) is 42.5 Å². The number of nitrogens with two attached hydrogens (primary N) is 1. The van der Waals surface area contributed by atoms with E-state index in [0.717, 1.165) is 5.56 Å².